The number of hydrogen-bond donors (Lipinski definition) is 1. The zero-order valence-electron chi connectivity index (χ0n) is 9.92. The second-order valence-corrected chi connectivity index (χ2v) is 4.83. The lowest BCUT2D eigenvalue weighted by Gasteiger charge is -2.25. The summed E-state index contributed by atoms with van der Waals surface area (Å²) in [6.07, 6.45) is 0.452. The largest absolute Gasteiger partial charge is 0.383 e. The first kappa shape index (κ1) is 12.7. The average molecular weight is 248 g/mol. The van der Waals surface area contributed by atoms with Crippen molar-refractivity contribution in [2.75, 3.05) is 33.4 Å². The highest BCUT2D eigenvalue weighted by Crippen LogP contribution is 2.33. The van der Waals surface area contributed by atoms with Gasteiger partial charge in [-0.3, -0.25) is 4.79 Å². The standard InChI is InChI=1S/C11H18F2N2O2/c1-17-6-9-4-11(12,13)7-15(9)10(16)8-2-3-14-5-8/h8-9,14H,2-7H2,1H3/t8-,9-/m0/s1. The highest BCUT2D eigenvalue weighted by atomic mass is 19.3. The average Bonchev–Trinajstić information content (AvgIpc) is 2.85. The predicted octanol–water partition coefficient (Wildman–Crippen LogP) is 0.479. The Kier molecular flexibility index (Phi) is 3.63. The van der Waals surface area contributed by atoms with Crippen molar-refractivity contribution in [1.82, 2.24) is 10.2 Å². The summed E-state index contributed by atoms with van der Waals surface area (Å²) in [5.41, 5.74) is 0. The van der Waals surface area contributed by atoms with Crippen molar-refractivity contribution in [3.63, 3.8) is 0 Å². The molecule has 0 unspecified atom stereocenters. The summed E-state index contributed by atoms with van der Waals surface area (Å²) in [6, 6.07) is -0.483. The Balaban J connectivity index is 2.03. The summed E-state index contributed by atoms with van der Waals surface area (Å²) >= 11 is 0. The highest BCUT2D eigenvalue weighted by Gasteiger charge is 2.48. The molecule has 2 saturated heterocycles. The number of hydrogen-bond acceptors (Lipinski definition) is 3. The number of ether oxygens (including phenoxy) is 1. The first-order valence-corrected chi connectivity index (χ1v) is 5.91. The predicted molar refractivity (Wildman–Crippen MR) is 57.9 cm³/mol. The molecule has 0 bridgehead atoms. The molecule has 0 radical (unpaired) electrons. The molecule has 0 aliphatic carbocycles. The third kappa shape index (κ3) is 2.74. The minimum Gasteiger partial charge on any atom is -0.383 e. The van der Waals surface area contributed by atoms with Gasteiger partial charge >= 0.3 is 0 Å². The van der Waals surface area contributed by atoms with Crippen LogP contribution < -0.4 is 5.32 Å². The topological polar surface area (TPSA) is 41.6 Å². The Morgan fingerprint density at radius 3 is 2.94 bits per heavy atom. The number of carbonyl (C=O) groups is 1. The van der Waals surface area contributed by atoms with Crippen molar-refractivity contribution in [3.8, 4) is 0 Å². The van der Waals surface area contributed by atoms with E-state index in [-0.39, 0.29) is 24.9 Å². The van der Waals surface area contributed by atoms with Crippen LogP contribution >= 0.6 is 0 Å². The van der Waals surface area contributed by atoms with Crippen molar-refractivity contribution >= 4 is 5.91 Å². The molecule has 0 spiro atoms. The molecule has 2 rings (SSSR count). The number of carbonyl (C=O) groups excluding carboxylic acids is 1. The van der Waals surface area contributed by atoms with Crippen molar-refractivity contribution in [1.29, 1.82) is 0 Å². The number of nitrogens with one attached hydrogen (secondary N) is 1. The Labute approximate surface area is 99.3 Å². The number of halogens is 2. The molecule has 0 aromatic carbocycles. The zero-order valence-corrected chi connectivity index (χ0v) is 9.92. The van der Waals surface area contributed by atoms with E-state index in [0.29, 0.717) is 6.54 Å². The van der Waals surface area contributed by atoms with E-state index >= 15 is 0 Å². The number of methoxy groups -OCH3 is 1. The Hall–Kier alpha value is -0.750. The van der Waals surface area contributed by atoms with E-state index < -0.39 is 18.5 Å². The van der Waals surface area contributed by atoms with Crippen molar-refractivity contribution in [2.45, 2.75) is 24.8 Å². The van der Waals surface area contributed by atoms with Gasteiger partial charge in [0, 0.05) is 20.1 Å². The lowest BCUT2D eigenvalue weighted by Crippen LogP contribution is -2.42. The lowest BCUT2D eigenvalue weighted by atomic mass is 10.1. The monoisotopic (exact) mass is 248 g/mol. The Morgan fingerprint density at radius 2 is 2.35 bits per heavy atom. The van der Waals surface area contributed by atoms with Gasteiger partial charge in [-0.05, 0) is 13.0 Å². The maximum absolute atomic E-state index is 13.4. The summed E-state index contributed by atoms with van der Waals surface area (Å²) in [5, 5.41) is 3.08. The summed E-state index contributed by atoms with van der Waals surface area (Å²) < 4.78 is 31.6. The van der Waals surface area contributed by atoms with Crippen LogP contribution in [0.4, 0.5) is 8.78 Å². The van der Waals surface area contributed by atoms with E-state index in [4.69, 9.17) is 4.74 Å². The van der Waals surface area contributed by atoms with Crippen LogP contribution in [0.15, 0.2) is 0 Å². The Morgan fingerprint density at radius 1 is 1.59 bits per heavy atom. The molecular weight excluding hydrogens is 230 g/mol. The van der Waals surface area contributed by atoms with Crippen molar-refractivity contribution in [2.24, 2.45) is 5.92 Å². The number of nitrogens with zero attached hydrogens (tertiary/aromatic N) is 1. The molecule has 1 N–H and O–H groups in total. The first-order valence-electron chi connectivity index (χ1n) is 5.91. The molecule has 2 fully saturated rings. The van der Waals surface area contributed by atoms with Crippen LogP contribution in [-0.4, -0.2) is 56.1 Å². The van der Waals surface area contributed by atoms with E-state index in [0.717, 1.165) is 13.0 Å². The minimum absolute atomic E-state index is 0.150. The molecule has 2 atom stereocenters. The van der Waals surface area contributed by atoms with Gasteiger partial charge in [0.25, 0.3) is 5.92 Å². The number of amides is 1. The summed E-state index contributed by atoms with van der Waals surface area (Å²) in [6.45, 7) is 1.11. The highest BCUT2D eigenvalue weighted by molar-refractivity contribution is 5.80. The van der Waals surface area contributed by atoms with Gasteiger partial charge < -0.3 is 15.0 Å². The second-order valence-electron chi connectivity index (χ2n) is 4.83. The number of likely N-dealkylation sites (tertiary alicyclic amines) is 1. The fourth-order valence-corrected chi connectivity index (χ4v) is 2.60. The molecule has 0 aromatic heterocycles. The molecule has 0 aromatic rings. The van der Waals surface area contributed by atoms with Crippen LogP contribution in [0.25, 0.3) is 0 Å². The summed E-state index contributed by atoms with van der Waals surface area (Å²) in [5.74, 6) is -3.08. The minimum atomic E-state index is -2.77. The van der Waals surface area contributed by atoms with Gasteiger partial charge in [-0.2, -0.15) is 0 Å². The van der Waals surface area contributed by atoms with E-state index in [1.54, 1.807) is 0 Å². The summed E-state index contributed by atoms with van der Waals surface area (Å²) in [7, 11) is 1.47. The van der Waals surface area contributed by atoms with Crippen LogP contribution in [0.2, 0.25) is 0 Å². The fourth-order valence-electron chi connectivity index (χ4n) is 2.60. The van der Waals surface area contributed by atoms with Gasteiger partial charge in [0.1, 0.15) is 0 Å². The molecule has 4 nitrogen and oxygen atoms in total. The molecule has 2 heterocycles. The van der Waals surface area contributed by atoms with Gasteiger partial charge in [-0.1, -0.05) is 0 Å². The smallest absolute Gasteiger partial charge is 0.267 e. The zero-order chi connectivity index (χ0) is 12.5. The summed E-state index contributed by atoms with van der Waals surface area (Å²) in [4.78, 5) is 13.4. The Bertz CT molecular complexity index is 293. The third-order valence-corrected chi connectivity index (χ3v) is 3.43. The molecule has 0 saturated carbocycles. The second kappa shape index (κ2) is 4.86. The molecule has 2 aliphatic rings. The molecule has 1 amide bonds. The van der Waals surface area contributed by atoms with Crippen LogP contribution in [0.5, 0.6) is 0 Å². The number of alkyl halides is 2. The van der Waals surface area contributed by atoms with Gasteiger partial charge in [0.15, 0.2) is 0 Å². The van der Waals surface area contributed by atoms with E-state index in [1.807, 2.05) is 0 Å². The fraction of sp³-hybridized carbons (Fsp3) is 0.909. The van der Waals surface area contributed by atoms with E-state index in [1.165, 1.54) is 12.0 Å². The van der Waals surface area contributed by atoms with E-state index in [2.05, 4.69) is 5.32 Å². The maximum atomic E-state index is 13.4. The molecule has 17 heavy (non-hydrogen) atoms. The van der Waals surface area contributed by atoms with Gasteiger partial charge in [0.2, 0.25) is 5.91 Å². The quantitative estimate of drug-likeness (QED) is 0.790. The lowest BCUT2D eigenvalue weighted by molar-refractivity contribution is -0.137. The van der Waals surface area contributed by atoms with Crippen LogP contribution in [0, 0.1) is 5.92 Å². The molecule has 6 heteroatoms. The van der Waals surface area contributed by atoms with E-state index in [9.17, 15) is 13.6 Å². The van der Waals surface area contributed by atoms with Crippen LogP contribution in [-0.2, 0) is 9.53 Å². The van der Waals surface area contributed by atoms with Crippen LogP contribution in [0.3, 0.4) is 0 Å². The van der Waals surface area contributed by atoms with Crippen molar-refractivity contribution < 1.29 is 18.3 Å². The molecule has 2 aliphatic heterocycles. The first-order chi connectivity index (χ1) is 8.03. The number of rotatable bonds is 3. The van der Waals surface area contributed by atoms with Crippen LogP contribution in [0.1, 0.15) is 12.8 Å². The maximum Gasteiger partial charge on any atom is 0.267 e. The molecular formula is C11H18F2N2O2. The molecule has 98 valence electrons. The SMILES string of the molecule is COC[C@@H]1CC(F)(F)CN1C(=O)[C@H]1CCNC1. The normalized spacial score (nSPS) is 32.1. The van der Waals surface area contributed by atoms with Gasteiger partial charge in [-0.25, -0.2) is 8.78 Å². The van der Waals surface area contributed by atoms with Gasteiger partial charge in [-0.15, -0.1) is 0 Å². The van der Waals surface area contributed by atoms with Gasteiger partial charge in [0.05, 0.1) is 25.1 Å². The van der Waals surface area contributed by atoms with Crippen molar-refractivity contribution in [3.05, 3.63) is 0 Å². The third-order valence-electron chi connectivity index (χ3n) is 3.43.